The fourth-order valence-electron chi connectivity index (χ4n) is 3.72. The van der Waals surface area contributed by atoms with Gasteiger partial charge in [0.15, 0.2) is 5.96 Å². The van der Waals surface area contributed by atoms with E-state index in [1.807, 2.05) is 4.90 Å². The summed E-state index contributed by atoms with van der Waals surface area (Å²) in [6.45, 7) is 6.20. The number of fused-ring (bicyclic) bond motifs is 1. The van der Waals surface area contributed by atoms with Crippen molar-refractivity contribution >= 4 is 22.8 Å². The van der Waals surface area contributed by atoms with Crippen molar-refractivity contribution in [3.05, 3.63) is 36.0 Å². The standard InChI is InChI=1S/C22H33N5O/c1-2-23-22(24-13-8-16-27-15-7-3-4-11-21(27)28)25-14-12-18-17-26-20-10-6-5-9-19(18)20/h5-6,9-10,17,26H,2-4,7-8,11-16H2,1H3,(H2,23,24,25). The molecule has 6 nitrogen and oxygen atoms in total. The third-order valence-corrected chi connectivity index (χ3v) is 5.23. The normalized spacial score (nSPS) is 15.7. The van der Waals surface area contributed by atoms with E-state index in [9.17, 15) is 4.79 Å². The molecule has 2 aromatic rings. The Bertz CT molecular complexity index is 782. The molecule has 0 saturated carbocycles. The lowest BCUT2D eigenvalue weighted by Gasteiger charge is -2.20. The second-order valence-electron chi connectivity index (χ2n) is 7.34. The fraction of sp³-hybridized carbons (Fsp3) is 0.545. The molecule has 0 bridgehead atoms. The first kappa shape index (κ1) is 20.2. The van der Waals surface area contributed by atoms with Gasteiger partial charge in [0.05, 0.1) is 0 Å². The SMILES string of the molecule is CCNC(=NCCCN1CCCCCC1=O)NCCc1c[nH]c2ccccc12. The Morgan fingerprint density at radius 1 is 1.21 bits per heavy atom. The molecule has 3 rings (SSSR count). The highest BCUT2D eigenvalue weighted by atomic mass is 16.2. The molecule has 1 amide bonds. The second kappa shape index (κ2) is 10.7. The van der Waals surface area contributed by atoms with E-state index in [2.05, 4.69) is 58.0 Å². The zero-order chi connectivity index (χ0) is 19.6. The highest BCUT2D eigenvalue weighted by Gasteiger charge is 2.15. The van der Waals surface area contributed by atoms with E-state index in [1.54, 1.807) is 0 Å². The molecule has 0 aliphatic carbocycles. The van der Waals surface area contributed by atoms with Crippen LogP contribution in [0.4, 0.5) is 0 Å². The van der Waals surface area contributed by atoms with Crippen molar-refractivity contribution in [2.24, 2.45) is 4.99 Å². The average Bonchev–Trinajstić information content (AvgIpc) is 3.00. The zero-order valence-corrected chi connectivity index (χ0v) is 17.0. The first-order valence-corrected chi connectivity index (χ1v) is 10.6. The zero-order valence-electron chi connectivity index (χ0n) is 17.0. The van der Waals surface area contributed by atoms with E-state index in [0.29, 0.717) is 12.3 Å². The maximum atomic E-state index is 12.1. The second-order valence-corrected chi connectivity index (χ2v) is 7.34. The van der Waals surface area contributed by atoms with Crippen molar-refractivity contribution < 1.29 is 4.79 Å². The van der Waals surface area contributed by atoms with Gasteiger partial charge >= 0.3 is 0 Å². The molecule has 6 heteroatoms. The minimum atomic E-state index is 0.310. The first-order chi connectivity index (χ1) is 13.8. The van der Waals surface area contributed by atoms with Crippen molar-refractivity contribution in [1.82, 2.24) is 20.5 Å². The molecule has 0 radical (unpaired) electrons. The van der Waals surface area contributed by atoms with Gasteiger partial charge in [0.25, 0.3) is 0 Å². The van der Waals surface area contributed by atoms with E-state index in [1.165, 1.54) is 22.9 Å². The molecule has 1 fully saturated rings. The van der Waals surface area contributed by atoms with Crippen LogP contribution in [-0.2, 0) is 11.2 Å². The number of para-hydroxylation sites is 1. The fourth-order valence-corrected chi connectivity index (χ4v) is 3.72. The predicted octanol–water partition coefficient (Wildman–Crippen LogP) is 3.06. The number of rotatable bonds is 8. The number of hydrogen-bond acceptors (Lipinski definition) is 2. The molecule has 0 unspecified atom stereocenters. The third kappa shape index (κ3) is 5.75. The van der Waals surface area contributed by atoms with Crippen molar-refractivity contribution in [2.75, 3.05) is 32.7 Å². The van der Waals surface area contributed by atoms with Crippen LogP contribution in [0.3, 0.4) is 0 Å². The largest absolute Gasteiger partial charge is 0.361 e. The van der Waals surface area contributed by atoms with Crippen LogP contribution in [0.1, 0.15) is 44.6 Å². The van der Waals surface area contributed by atoms with Gasteiger partial charge < -0.3 is 20.5 Å². The lowest BCUT2D eigenvalue weighted by molar-refractivity contribution is -0.130. The molecule has 1 aliphatic heterocycles. The van der Waals surface area contributed by atoms with Gasteiger partial charge in [-0.05, 0) is 44.2 Å². The van der Waals surface area contributed by atoms with Crippen LogP contribution in [0.15, 0.2) is 35.5 Å². The topological polar surface area (TPSA) is 72.5 Å². The van der Waals surface area contributed by atoms with Gasteiger partial charge in [0, 0.05) is 56.2 Å². The Morgan fingerprint density at radius 2 is 2.11 bits per heavy atom. The smallest absolute Gasteiger partial charge is 0.222 e. The van der Waals surface area contributed by atoms with Crippen LogP contribution in [0.5, 0.6) is 0 Å². The lowest BCUT2D eigenvalue weighted by atomic mass is 10.1. The van der Waals surface area contributed by atoms with Gasteiger partial charge in [0.2, 0.25) is 5.91 Å². The Morgan fingerprint density at radius 3 is 3.00 bits per heavy atom. The number of aromatic amines is 1. The van der Waals surface area contributed by atoms with Crippen molar-refractivity contribution in [2.45, 2.75) is 45.4 Å². The van der Waals surface area contributed by atoms with Crippen LogP contribution < -0.4 is 10.6 Å². The van der Waals surface area contributed by atoms with Gasteiger partial charge in [-0.2, -0.15) is 0 Å². The number of carbonyl (C=O) groups excluding carboxylic acids is 1. The number of H-pyrrole nitrogens is 1. The number of amides is 1. The maximum absolute atomic E-state index is 12.1. The molecular weight excluding hydrogens is 350 g/mol. The quantitative estimate of drug-likeness (QED) is 0.373. The Balaban J connectivity index is 1.44. The number of aliphatic imine (C=N–C) groups is 1. The molecule has 0 spiro atoms. The summed E-state index contributed by atoms with van der Waals surface area (Å²) in [7, 11) is 0. The van der Waals surface area contributed by atoms with Crippen molar-refractivity contribution in [1.29, 1.82) is 0 Å². The summed E-state index contributed by atoms with van der Waals surface area (Å²) in [5, 5.41) is 8.02. The molecule has 1 saturated heterocycles. The molecule has 3 N–H and O–H groups in total. The summed E-state index contributed by atoms with van der Waals surface area (Å²) in [6.07, 6.45) is 7.99. The third-order valence-electron chi connectivity index (χ3n) is 5.23. The number of guanidine groups is 1. The highest BCUT2D eigenvalue weighted by molar-refractivity contribution is 5.83. The van der Waals surface area contributed by atoms with Gasteiger partial charge in [-0.1, -0.05) is 24.6 Å². The minimum Gasteiger partial charge on any atom is -0.361 e. The molecule has 152 valence electrons. The van der Waals surface area contributed by atoms with E-state index in [4.69, 9.17) is 0 Å². The molecule has 2 heterocycles. The molecular formula is C22H33N5O. The van der Waals surface area contributed by atoms with E-state index in [0.717, 1.165) is 64.4 Å². The van der Waals surface area contributed by atoms with Gasteiger partial charge in [-0.25, -0.2) is 0 Å². The summed E-state index contributed by atoms with van der Waals surface area (Å²) >= 11 is 0. The van der Waals surface area contributed by atoms with E-state index >= 15 is 0 Å². The Labute approximate surface area is 167 Å². The summed E-state index contributed by atoms with van der Waals surface area (Å²) in [6, 6.07) is 8.39. The highest BCUT2D eigenvalue weighted by Crippen LogP contribution is 2.17. The number of hydrogen-bond donors (Lipinski definition) is 3. The van der Waals surface area contributed by atoms with E-state index < -0.39 is 0 Å². The Kier molecular flexibility index (Phi) is 7.76. The number of likely N-dealkylation sites (tertiary alicyclic amines) is 1. The van der Waals surface area contributed by atoms with Crippen molar-refractivity contribution in [3.63, 3.8) is 0 Å². The number of nitrogens with zero attached hydrogens (tertiary/aromatic N) is 2. The lowest BCUT2D eigenvalue weighted by Crippen LogP contribution is -2.38. The molecule has 0 atom stereocenters. The monoisotopic (exact) mass is 383 g/mol. The van der Waals surface area contributed by atoms with Gasteiger partial charge in [0.1, 0.15) is 0 Å². The predicted molar refractivity (Wildman–Crippen MR) is 116 cm³/mol. The number of carbonyl (C=O) groups is 1. The van der Waals surface area contributed by atoms with Gasteiger partial charge in [-0.3, -0.25) is 9.79 Å². The molecule has 28 heavy (non-hydrogen) atoms. The molecule has 1 aromatic carbocycles. The Hall–Kier alpha value is -2.50. The minimum absolute atomic E-state index is 0.310. The van der Waals surface area contributed by atoms with Crippen LogP contribution >= 0.6 is 0 Å². The van der Waals surface area contributed by atoms with E-state index in [-0.39, 0.29) is 0 Å². The maximum Gasteiger partial charge on any atom is 0.222 e. The summed E-state index contributed by atoms with van der Waals surface area (Å²) < 4.78 is 0. The van der Waals surface area contributed by atoms with Crippen LogP contribution in [0.2, 0.25) is 0 Å². The molecule has 1 aliphatic rings. The number of aromatic nitrogens is 1. The summed E-state index contributed by atoms with van der Waals surface area (Å²) in [4.78, 5) is 22.1. The average molecular weight is 384 g/mol. The van der Waals surface area contributed by atoms with Crippen LogP contribution in [0, 0.1) is 0 Å². The first-order valence-electron chi connectivity index (χ1n) is 10.6. The summed E-state index contributed by atoms with van der Waals surface area (Å²) in [5.74, 6) is 1.16. The number of benzene rings is 1. The number of nitrogens with one attached hydrogen (secondary N) is 3. The van der Waals surface area contributed by atoms with Crippen LogP contribution in [-0.4, -0.2) is 54.5 Å². The van der Waals surface area contributed by atoms with Crippen molar-refractivity contribution in [3.8, 4) is 0 Å². The molecule has 1 aromatic heterocycles. The van der Waals surface area contributed by atoms with Gasteiger partial charge in [-0.15, -0.1) is 0 Å². The van der Waals surface area contributed by atoms with Crippen LogP contribution in [0.25, 0.3) is 10.9 Å². The summed E-state index contributed by atoms with van der Waals surface area (Å²) in [5.41, 5.74) is 2.50.